The summed E-state index contributed by atoms with van der Waals surface area (Å²) in [6.07, 6.45) is 7.20. The first-order valence-corrected chi connectivity index (χ1v) is 9.36. The van der Waals surface area contributed by atoms with E-state index in [0.29, 0.717) is 0 Å². The molecular weight excluding hydrogens is 302 g/mol. The molecule has 1 aromatic heterocycles. The van der Waals surface area contributed by atoms with Gasteiger partial charge in [0.1, 0.15) is 6.07 Å². The van der Waals surface area contributed by atoms with E-state index in [1.807, 2.05) is 30.2 Å². The minimum Gasteiger partial charge on any atom is -0.370 e. The Morgan fingerprint density at radius 3 is 2.83 bits per heavy atom. The zero-order valence-corrected chi connectivity index (χ0v) is 13.9. The molecule has 116 valence electrons. The van der Waals surface area contributed by atoms with Crippen LogP contribution >= 0.6 is 11.8 Å². The van der Waals surface area contributed by atoms with E-state index >= 15 is 0 Å². The number of nitrogens with zero attached hydrogens (tertiary/aromatic N) is 3. The lowest BCUT2D eigenvalue weighted by molar-refractivity contribution is 0.949. The first-order chi connectivity index (χ1) is 11.4. The molecule has 1 saturated heterocycles. The minimum absolute atomic E-state index is 0.912. The van der Waals surface area contributed by atoms with E-state index in [9.17, 15) is 5.26 Å². The monoisotopic (exact) mass is 321 g/mol. The normalized spacial score (nSPS) is 16.9. The van der Waals surface area contributed by atoms with Gasteiger partial charge in [-0.3, -0.25) is 4.98 Å². The Balaban J connectivity index is 1.95. The summed E-state index contributed by atoms with van der Waals surface area (Å²) < 4.78 is 0. The molecule has 0 N–H and O–H groups in total. The Kier molecular flexibility index (Phi) is 3.97. The van der Waals surface area contributed by atoms with Crippen molar-refractivity contribution in [1.29, 1.82) is 5.26 Å². The van der Waals surface area contributed by atoms with Crippen LogP contribution in [0.3, 0.4) is 0 Å². The van der Waals surface area contributed by atoms with Gasteiger partial charge < -0.3 is 4.90 Å². The second-order valence-corrected chi connectivity index (χ2v) is 7.23. The molecule has 4 rings (SSSR count). The van der Waals surface area contributed by atoms with E-state index in [4.69, 9.17) is 0 Å². The van der Waals surface area contributed by atoms with Gasteiger partial charge in [-0.2, -0.15) is 17.0 Å². The van der Waals surface area contributed by atoms with Crippen LogP contribution in [-0.4, -0.2) is 23.8 Å². The van der Waals surface area contributed by atoms with Crippen LogP contribution in [0.25, 0.3) is 11.1 Å². The number of rotatable bonds is 2. The van der Waals surface area contributed by atoms with E-state index in [0.717, 1.165) is 47.8 Å². The highest BCUT2D eigenvalue weighted by molar-refractivity contribution is 7.98. The summed E-state index contributed by atoms with van der Waals surface area (Å²) in [7, 11) is 0. The predicted molar refractivity (Wildman–Crippen MR) is 95.7 cm³/mol. The number of nitriles is 1. The highest BCUT2D eigenvalue weighted by Gasteiger charge is 2.25. The van der Waals surface area contributed by atoms with Gasteiger partial charge in [0, 0.05) is 36.8 Å². The molecule has 2 aliphatic rings. The summed E-state index contributed by atoms with van der Waals surface area (Å²) in [5, 5.41) is 9.80. The maximum absolute atomic E-state index is 9.80. The van der Waals surface area contributed by atoms with Crippen LogP contribution in [0.15, 0.2) is 30.6 Å². The molecule has 3 nitrogen and oxygen atoms in total. The van der Waals surface area contributed by atoms with Crippen molar-refractivity contribution >= 4 is 17.4 Å². The van der Waals surface area contributed by atoms with Gasteiger partial charge in [-0.25, -0.2) is 0 Å². The van der Waals surface area contributed by atoms with Crippen molar-refractivity contribution in [1.82, 2.24) is 4.98 Å². The van der Waals surface area contributed by atoms with Crippen LogP contribution in [0.4, 0.5) is 5.69 Å². The maximum Gasteiger partial charge on any atom is 0.102 e. The zero-order chi connectivity index (χ0) is 15.6. The van der Waals surface area contributed by atoms with Crippen LogP contribution < -0.4 is 4.90 Å². The highest BCUT2D eigenvalue weighted by atomic mass is 32.2. The molecular formula is C19H19N3S. The fourth-order valence-corrected chi connectivity index (χ4v) is 4.69. The number of pyridine rings is 1. The van der Waals surface area contributed by atoms with E-state index in [1.165, 1.54) is 29.5 Å². The molecule has 1 fully saturated rings. The second-order valence-electron chi connectivity index (χ2n) is 6.13. The van der Waals surface area contributed by atoms with Crippen molar-refractivity contribution in [2.24, 2.45) is 0 Å². The average molecular weight is 321 g/mol. The number of fused-ring (bicyclic) bond motifs is 1. The molecule has 0 bridgehead atoms. The van der Waals surface area contributed by atoms with Crippen molar-refractivity contribution in [2.45, 2.75) is 25.0 Å². The topological polar surface area (TPSA) is 39.9 Å². The molecule has 2 aliphatic heterocycles. The average Bonchev–Trinajstić information content (AvgIpc) is 3.15. The van der Waals surface area contributed by atoms with Crippen LogP contribution in [-0.2, 0) is 12.2 Å². The molecule has 1 aromatic carbocycles. The Bertz CT molecular complexity index is 758. The van der Waals surface area contributed by atoms with Gasteiger partial charge in [0.05, 0.1) is 11.3 Å². The van der Waals surface area contributed by atoms with E-state index in [1.54, 1.807) is 0 Å². The third-order valence-corrected chi connectivity index (χ3v) is 5.79. The first kappa shape index (κ1) is 14.6. The molecule has 4 heteroatoms. The second kappa shape index (κ2) is 6.25. The van der Waals surface area contributed by atoms with Gasteiger partial charge in [-0.1, -0.05) is 6.07 Å². The summed E-state index contributed by atoms with van der Waals surface area (Å²) in [5.41, 5.74) is 7.09. The van der Waals surface area contributed by atoms with Crippen molar-refractivity contribution in [3.63, 3.8) is 0 Å². The van der Waals surface area contributed by atoms with Gasteiger partial charge in [-0.15, -0.1) is 0 Å². The fraction of sp³-hybridized carbons (Fsp3) is 0.368. The molecule has 0 unspecified atom stereocenters. The molecule has 0 saturated carbocycles. The molecule has 2 aromatic rings. The lowest BCUT2D eigenvalue weighted by Gasteiger charge is -2.27. The molecule has 0 aliphatic carbocycles. The van der Waals surface area contributed by atoms with E-state index in [-0.39, 0.29) is 0 Å². The number of hydrogen-bond donors (Lipinski definition) is 0. The number of benzene rings is 1. The third kappa shape index (κ3) is 2.60. The Labute approximate surface area is 141 Å². The zero-order valence-electron chi connectivity index (χ0n) is 13.1. The van der Waals surface area contributed by atoms with Crippen LogP contribution in [0, 0.1) is 11.3 Å². The third-order valence-electron chi connectivity index (χ3n) is 4.80. The van der Waals surface area contributed by atoms with Crippen molar-refractivity contribution < 1.29 is 0 Å². The number of thioether (sulfide) groups is 1. The lowest BCUT2D eigenvalue weighted by atomic mass is 9.90. The standard InChI is InChI=1S/C19H19N3S/c20-11-17-15-5-9-23-13-18(15)16(14-4-3-6-21-12-14)10-19(17)22-7-1-2-8-22/h3-4,6,10,12H,1-2,5,7-9,13H2. The minimum atomic E-state index is 0.912. The van der Waals surface area contributed by atoms with Gasteiger partial charge >= 0.3 is 0 Å². The molecule has 0 radical (unpaired) electrons. The summed E-state index contributed by atoms with van der Waals surface area (Å²) in [4.78, 5) is 6.68. The lowest BCUT2D eigenvalue weighted by Crippen LogP contribution is -2.21. The quantitative estimate of drug-likeness (QED) is 0.838. The van der Waals surface area contributed by atoms with Crippen LogP contribution in [0.2, 0.25) is 0 Å². The molecule has 0 spiro atoms. The summed E-state index contributed by atoms with van der Waals surface area (Å²) in [6, 6.07) is 8.87. The van der Waals surface area contributed by atoms with Gasteiger partial charge in [-0.05, 0) is 53.8 Å². The summed E-state index contributed by atoms with van der Waals surface area (Å²) >= 11 is 1.96. The molecule has 0 atom stereocenters. The van der Waals surface area contributed by atoms with Gasteiger partial charge in [0.25, 0.3) is 0 Å². The van der Waals surface area contributed by atoms with Crippen molar-refractivity contribution in [3.8, 4) is 17.2 Å². The number of hydrogen-bond acceptors (Lipinski definition) is 4. The summed E-state index contributed by atoms with van der Waals surface area (Å²) in [6.45, 7) is 2.13. The van der Waals surface area contributed by atoms with E-state index < -0.39 is 0 Å². The first-order valence-electron chi connectivity index (χ1n) is 8.20. The van der Waals surface area contributed by atoms with E-state index in [2.05, 4.69) is 28.1 Å². The highest BCUT2D eigenvalue weighted by Crippen LogP contribution is 2.40. The summed E-state index contributed by atoms with van der Waals surface area (Å²) in [5.74, 6) is 2.10. The van der Waals surface area contributed by atoms with Crippen molar-refractivity contribution in [2.75, 3.05) is 23.7 Å². The number of aromatic nitrogens is 1. The van der Waals surface area contributed by atoms with Crippen LogP contribution in [0.5, 0.6) is 0 Å². The SMILES string of the molecule is N#Cc1c(N2CCCC2)cc(-c2cccnc2)c2c1CCSC2. The molecule has 0 amide bonds. The Morgan fingerprint density at radius 1 is 1.22 bits per heavy atom. The number of anilines is 1. The Morgan fingerprint density at radius 2 is 2.09 bits per heavy atom. The predicted octanol–water partition coefficient (Wildman–Crippen LogP) is 4.01. The fourth-order valence-electron chi connectivity index (χ4n) is 3.67. The van der Waals surface area contributed by atoms with Gasteiger partial charge in [0.15, 0.2) is 0 Å². The van der Waals surface area contributed by atoms with Gasteiger partial charge in [0.2, 0.25) is 0 Å². The maximum atomic E-state index is 9.80. The largest absolute Gasteiger partial charge is 0.370 e. The Hall–Kier alpha value is -1.99. The molecule has 3 heterocycles. The van der Waals surface area contributed by atoms with Crippen molar-refractivity contribution in [3.05, 3.63) is 47.3 Å². The molecule has 23 heavy (non-hydrogen) atoms. The van der Waals surface area contributed by atoms with Crippen LogP contribution in [0.1, 0.15) is 29.5 Å². The smallest absolute Gasteiger partial charge is 0.102 e.